The molecule has 0 saturated heterocycles. The molecule has 0 amide bonds. The van der Waals surface area contributed by atoms with Gasteiger partial charge in [-0.25, -0.2) is 4.99 Å². The Morgan fingerprint density at radius 2 is 2.37 bits per heavy atom. The monoisotopic (exact) mass is 325 g/mol. The molecule has 1 aromatic carbocycles. The van der Waals surface area contributed by atoms with Crippen molar-refractivity contribution in [3.63, 3.8) is 0 Å². The molecule has 0 unspecified atom stereocenters. The minimum Gasteiger partial charge on any atom is -0.292 e. The SMILES string of the molecule is N#Cc1cccc(-n2cc(CCl)s/c2=N\C(=S)S)c1. The zero-order valence-electron chi connectivity index (χ0n) is 9.58. The summed E-state index contributed by atoms with van der Waals surface area (Å²) in [6, 6.07) is 9.36. The van der Waals surface area contributed by atoms with E-state index < -0.39 is 0 Å². The highest BCUT2D eigenvalue weighted by atomic mass is 35.5. The average Bonchev–Trinajstić information content (AvgIpc) is 2.81. The van der Waals surface area contributed by atoms with Crippen LogP contribution in [0.2, 0.25) is 0 Å². The highest BCUT2D eigenvalue weighted by Gasteiger charge is 2.05. The van der Waals surface area contributed by atoms with E-state index in [1.807, 2.05) is 22.9 Å². The fraction of sp³-hybridized carbons (Fsp3) is 0.0833. The van der Waals surface area contributed by atoms with Crippen LogP contribution in [0.5, 0.6) is 0 Å². The molecule has 0 fully saturated rings. The first-order valence-corrected chi connectivity index (χ1v) is 7.40. The van der Waals surface area contributed by atoms with Crippen LogP contribution in [0, 0.1) is 11.3 Å². The maximum atomic E-state index is 8.94. The summed E-state index contributed by atoms with van der Waals surface area (Å²) in [7, 11) is 0. The molecule has 0 aliphatic heterocycles. The van der Waals surface area contributed by atoms with Crippen molar-refractivity contribution >= 4 is 52.1 Å². The summed E-state index contributed by atoms with van der Waals surface area (Å²) in [4.78, 5) is 5.85. The Kier molecular flexibility index (Phi) is 4.77. The van der Waals surface area contributed by atoms with E-state index >= 15 is 0 Å². The third-order valence-corrected chi connectivity index (χ3v) is 3.90. The van der Waals surface area contributed by atoms with E-state index in [-0.39, 0.29) is 4.32 Å². The zero-order chi connectivity index (χ0) is 13.8. The fourth-order valence-corrected chi connectivity index (χ4v) is 2.90. The summed E-state index contributed by atoms with van der Waals surface area (Å²) < 4.78 is 2.11. The van der Waals surface area contributed by atoms with Gasteiger partial charge in [-0.3, -0.25) is 4.57 Å². The molecule has 0 spiro atoms. The first-order valence-electron chi connectivity index (χ1n) is 5.19. The zero-order valence-corrected chi connectivity index (χ0v) is 12.9. The van der Waals surface area contributed by atoms with Gasteiger partial charge in [0.2, 0.25) is 0 Å². The molecule has 0 bridgehead atoms. The predicted octanol–water partition coefficient (Wildman–Crippen LogP) is 3.26. The summed E-state index contributed by atoms with van der Waals surface area (Å²) >= 11 is 16.2. The molecule has 3 nitrogen and oxygen atoms in total. The van der Waals surface area contributed by atoms with Crippen LogP contribution in [0.1, 0.15) is 10.4 Å². The third kappa shape index (κ3) is 3.45. The maximum Gasteiger partial charge on any atom is 0.196 e. The van der Waals surface area contributed by atoms with Gasteiger partial charge in [-0.2, -0.15) is 5.26 Å². The van der Waals surface area contributed by atoms with Crippen LogP contribution in [0.15, 0.2) is 35.5 Å². The van der Waals surface area contributed by atoms with Gasteiger partial charge in [0, 0.05) is 16.8 Å². The van der Waals surface area contributed by atoms with Crippen molar-refractivity contribution in [1.29, 1.82) is 5.26 Å². The number of hydrogen-bond acceptors (Lipinski definition) is 3. The lowest BCUT2D eigenvalue weighted by Gasteiger charge is -2.02. The van der Waals surface area contributed by atoms with E-state index in [1.165, 1.54) is 11.3 Å². The molecule has 0 aliphatic rings. The molecule has 7 heteroatoms. The minimum atomic E-state index is 0.258. The summed E-state index contributed by atoms with van der Waals surface area (Å²) in [6.07, 6.45) is 1.89. The van der Waals surface area contributed by atoms with Crippen LogP contribution in [-0.4, -0.2) is 8.89 Å². The number of benzene rings is 1. The van der Waals surface area contributed by atoms with Gasteiger partial charge in [0.15, 0.2) is 9.12 Å². The van der Waals surface area contributed by atoms with Gasteiger partial charge in [-0.15, -0.1) is 35.6 Å². The number of rotatable bonds is 2. The van der Waals surface area contributed by atoms with E-state index in [2.05, 4.69) is 23.7 Å². The second kappa shape index (κ2) is 6.35. The van der Waals surface area contributed by atoms with Crippen molar-refractivity contribution in [3.05, 3.63) is 45.7 Å². The van der Waals surface area contributed by atoms with Crippen molar-refractivity contribution in [2.75, 3.05) is 0 Å². The molecule has 0 atom stereocenters. The van der Waals surface area contributed by atoms with Gasteiger partial charge < -0.3 is 0 Å². The first-order chi connectivity index (χ1) is 9.13. The fourth-order valence-electron chi connectivity index (χ4n) is 1.52. The highest BCUT2D eigenvalue weighted by Crippen LogP contribution is 2.14. The highest BCUT2D eigenvalue weighted by molar-refractivity contribution is 8.11. The largest absolute Gasteiger partial charge is 0.292 e. The van der Waals surface area contributed by atoms with Crippen molar-refractivity contribution in [2.24, 2.45) is 4.99 Å². The van der Waals surface area contributed by atoms with E-state index in [0.717, 1.165) is 10.6 Å². The van der Waals surface area contributed by atoms with Gasteiger partial charge in [0.25, 0.3) is 0 Å². The Balaban J connectivity index is 2.64. The van der Waals surface area contributed by atoms with E-state index in [0.29, 0.717) is 16.2 Å². The number of halogens is 1. The third-order valence-electron chi connectivity index (χ3n) is 2.28. The number of nitriles is 1. The molecule has 19 heavy (non-hydrogen) atoms. The van der Waals surface area contributed by atoms with Crippen LogP contribution in [0.3, 0.4) is 0 Å². The Labute approximate surface area is 130 Å². The van der Waals surface area contributed by atoms with Crippen LogP contribution in [0.25, 0.3) is 5.69 Å². The van der Waals surface area contributed by atoms with Gasteiger partial charge in [-0.05, 0) is 18.2 Å². The second-order valence-electron chi connectivity index (χ2n) is 3.54. The van der Waals surface area contributed by atoms with Crippen molar-refractivity contribution in [3.8, 4) is 11.8 Å². The Morgan fingerprint density at radius 1 is 1.58 bits per heavy atom. The molecule has 2 rings (SSSR count). The Morgan fingerprint density at radius 3 is 3.00 bits per heavy atom. The number of hydrogen-bond donors (Lipinski definition) is 1. The van der Waals surface area contributed by atoms with Crippen LogP contribution >= 0.6 is 47.8 Å². The molecule has 0 aliphatic carbocycles. The lowest BCUT2D eigenvalue weighted by molar-refractivity contribution is 1.01. The van der Waals surface area contributed by atoms with Crippen molar-refractivity contribution in [2.45, 2.75) is 5.88 Å². The predicted molar refractivity (Wildman–Crippen MR) is 85.1 cm³/mol. The van der Waals surface area contributed by atoms with E-state index in [9.17, 15) is 0 Å². The van der Waals surface area contributed by atoms with Crippen molar-refractivity contribution < 1.29 is 0 Å². The number of alkyl halides is 1. The maximum absolute atomic E-state index is 8.94. The van der Waals surface area contributed by atoms with Crippen LogP contribution in [0.4, 0.5) is 0 Å². The first kappa shape index (κ1) is 14.3. The number of nitrogens with zero attached hydrogens (tertiary/aromatic N) is 3. The van der Waals surface area contributed by atoms with E-state index in [4.69, 9.17) is 29.1 Å². The number of thiocarbonyl (C=S) groups is 1. The number of thiazole rings is 1. The molecule has 2 aromatic rings. The van der Waals surface area contributed by atoms with Gasteiger partial charge in [0.05, 0.1) is 17.5 Å². The summed E-state index contributed by atoms with van der Waals surface area (Å²) in [6.45, 7) is 0. The average molecular weight is 326 g/mol. The Bertz CT molecular complexity index is 724. The standard InChI is InChI=1S/C12H8ClN3S3/c13-5-10-7-16(11(19-10)15-12(17)18)9-3-1-2-8(4-9)6-14/h1-4,7H,5H2,(H,17,18)/b15-11-. The van der Waals surface area contributed by atoms with Gasteiger partial charge in [-0.1, -0.05) is 18.3 Å². The summed E-state index contributed by atoms with van der Waals surface area (Å²) in [5.74, 6) is 0.400. The lowest BCUT2D eigenvalue weighted by atomic mass is 10.2. The number of aromatic nitrogens is 1. The number of thiol groups is 1. The molecule has 1 aromatic heterocycles. The van der Waals surface area contributed by atoms with Crippen LogP contribution in [-0.2, 0) is 5.88 Å². The molecular formula is C12H8ClN3S3. The van der Waals surface area contributed by atoms with Gasteiger partial charge in [0.1, 0.15) is 0 Å². The lowest BCUT2D eigenvalue weighted by Crippen LogP contribution is -2.12. The van der Waals surface area contributed by atoms with Crippen molar-refractivity contribution in [1.82, 2.24) is 4.57 Å². The Hall–Kier alpha value is -1.13. The van der Waals surface area contributed by atoms with E-state index in [1.54, 1.807) is 12.1 Å². The molecule has 0 N–H and O–H groups in total. The minimum absolute atomic E-state index is 0.258. The molecule has 1 heterocycles. The van der Waals surface area contributed by atoms with Gasteiger partial charge >= 0.3 is 0 Å². The summed E-state index contributed by atoms with van der Waals surface area (Å²) in [5.41, 5.74) is 1.43. The smallest absolute Gasteiger partial charge is 0.196 e. The summed E-state index contributed by atoms with van der Waals surface area (Å²) in [5, 5.41) is 8.94. The molecule has 0 saturated carbocycles. The molecule has 96 valence electrons. The molecular weight excluding hydrogens is 318 g/mol. The van der Waals surface area contributed by atoms with Crippen LogP contribution < -0.4 is 4.80 Å². The normalized spacial score (nSPS) is 11.3. The topological polar surface area (TPSA) is 41.1 Å². The second-order valence-corrected chi connectivity index (χ2v) is 6.01. The quantitative estimate of drug-likeness (QED) is 0.523. The molecule has 0 radical (unpaired) electrons.